The van der Waals surface area contributed by atoms with Crippen molar-refractivity contribution in [1.29, 1.82) is 0 Å². The van der Waals surface area contributed by atoms with Crippen LogP contribution in [0.4, 0.5) is 0 Å². The molecule has 2 heterocycles. The van der Waals surface area contributed by atoms with Crippen molar-refractivity contribution in [1.82, 2.24) is 15.1 Å². The molecule has 1 aromatic carbocycles. The first-order chi connectivity index (χ1) is 10.5. The highest BCUT2D eigenvalue weighted by atomic mass is 32.1. The van der Waals surface area contributed by atoms with E-state index in [1.54, 1.807) is 29.2 Å². The van der Waals surface area contributed by atoms with Crippen LogP contribution in [0.25, 0.3) is 11.5 Å². The molecular weight excluding hydrogens is 302 g/mol. The molecule has 0 aliphatic carbocycles. The lowest BCUT2D eigenvalue weighted by molar-refractivity contribution is 0.0248. The Bertz CT molecular complexity index is 722. The number of piperidine rings is 1. The van der Waals surface area contributed by atoms with E-state index in [9.17, 15) is 9.90 Å². The van der Waals surface area contributed by atoms with Gasteiger partial charge in [0, 0.05) is 24.2 Å². The van der Waals surface area contributed by atoms with Crippen LogP contribution in [-0.2, 0) is 0 Å². The summed E-state index contributed by atoms with van der Waals surface area (Å²) in [5.74, 6) is 0.562. The highest BCUT2D eigenvalue weighted by molar-refractivity contribution is 7.71. The molecule has 0 spiro atoms. The quantitative estimate of drug-likeness (QED) is 0.830. The molecule has 1 fully saturated rings. The zero-order valence-corrected chi connectivity index (χ0v) is 13.0. The molecule has 1 aliphatic rings. The number of aromatic nitrogens is 2. The molecule has 0 radical (unpaired) electrons. The first kappa shape index (κ1) is 14.9. The number of benzene rings is 1. The number of H-pyrrole nitrogens is 1. The number of hydrogen-bond donors (Lipinski definition) is 2. The summed E-state index contributed by atoms with van der Waals surface area (Å²) >= 11 is 4.84. The largest absolute Gasteiger partial charge is 0.409 e. The van der Waals surface area contributed by atoms with Gasteiger partial charge in [-0.3, -0.25) is 4.79 Å². The Morgan fingerprint density at radius 1 is 1.45 bits per heavy atom. The fraction of sp³-hybridized carbons (Fsp3) is 0.400. The molecule has 6 nitrogen and oxygen atoms in total. The molecule has 2 atom stereocenters. The van der Waals surface area contributed by atoms with Gasteiger partial charge in [-0.1, -0.05) is 6.92 Å². The number of carbonyl (C=O) groups is 1. The minimum atomic E-state index is -0.453. The van der Waals surface area contributed by atoms with Crippen molar-refractivity contribution in [3.63, 3.8) is 0 Å². The maximum atomic E-state index is 12.5. The number of nitrogens with zero attached hydrogens (tertiary/aromatic N) is 2. The molecule has 1 aromatic heterocycles. The van der Waals surface area contributed by atoms with Crippen LogP contribution in [0.5, 0.6) is 0 Å². The maximum absolute atomic E-state index is 12.5. The molecule has 0 unspecified atom stereocenters. The third-order valence-electron chi connectivity index (χ3n) is 4.02. The average molecular weight is 319 g/mol. The standard InChI is InChI=1S/C15H17N3O3S/c1-9-6-7-18(8-12(9)19)14(20)11-4-2-10(3-5-11)13-16-17-15(22)21-13/h2-5,9,12,19H,6-8H2,1H3,(H,17,22)/t9-,12+/m0/s1. The first-order valence-electron chi connectivity index (χ1n) is 7.18. The van der Waals surface area contributed by atoms with Crippen LogP contribution in [-0.4, -0.2) is 45.3 Å². The molecule has 1 amide bonds. The fourth-order valence-corrected chi connectivity index (χ4v) is 2.65. The van der Waals surface area contributed by atoms with E-state index in [-0.39, 0.29) is 16.7 Å². The number of aliphatic hydroxyl groups excluding tert-OH is 1. The van der Waals surface area contributed by atoms with Gasteiger partial charge in [-0.05, 0) is 48.8 Å². The van der Waals surface area contributed by atoms with Gasteiger partial charge in [-0.2, -0.15) is 0 Å². The van der Waals surface area contributed by atoms with Crippen molar-refractivity contribution < 1.29 is 14.3 Å². The number of likely N-dealkylation sites (tertiary alicyclic amines) is 1. The Kier molecular flexibility index (Phi) is 4.08. The highest BCUT2D eigenvalue weighted by Crippen LogP contribution is 2.21. The van der Waals surface area contributed by atoms with Crippen molar-refractivity contribution in [3.8, 4) is 11.5 Å². The lowest BCUT2D eigenvalue weighted by atomic mass is 9.95. The number of hydrogen-bond acceptors (Lipinski definition) is 5. The minimum absolute atomic E-state index is 0.0691. The predicted molar refractivity (Wildman–Crippen MR) is 82.8 cm³/mol. The Labute approximate surface area is 132 Å². The summed E-state index contributed by atoms with van der Waals surface area (Å²) in [6.45, 7) is 3.06. The Morgan fingerprint density at radius 2 is 2.18 bits per heavy atom. The van der Waals surface area contributed by atoms with E-state index in [4.69, 9.17) is 16.6 Å². The van der Waals surface area contributed by atoms with Crippen molar-refractivity contribution in [2.75, 3.05) is 13.1 Å². The van der Waals surface area contributed by atoms with Crippen molar-refractivity contribution >= 4 is 18.1 Å². The van der Waals surface area contributed by atoms with Gasteiger partial charge < -0.3 is 14.4 Å². The van der Waals surface area contributed by atoms with Crippen LogP contribution in [0.2, 0.25) is 0 Å². The summed E-state index contributed by atoms with van der Waals surface area (Å²) in [4.78, 5) is 14.4. The average Bonchev–Trinajstić information content (AvgIpc) is 2.96. The molecule has 1 saturated heterocycles. The highest BCUT2D eigenvalue weighted by Gasteiger charge is 2.27. The Balaban J connectivity index is 1.75. The second kappa shape index (κ2) is 6.02. The summed E-state index contributed by atoms with van der Waals surface area (Å²) in [6.07, 6.45) is 0.365. The molecule has 3 rings (SSSR count). The van der Waals surface area contributed by atoms with E-state index in [1.807, 2.05) is 6.92 Å². The Morgan fingerprint density at radius 3 is 2.77 bits per heavy atom. The number of aliphatic hydroxyl groups is 1. The summed E-state index contributed by atoms with van der Waals surface area (Å²) in [5.41, 5.74) is 1.33. The van der Waals surface area contributed by atoms with Gasteiger partial charge in [0.1, 0.15) is 0 Å². The lowest BCUT2D eigenvalue weighted by Crippen LogP contribution is -2.45. The zero-order valence-electron chi connectivity index (χ0n) is 12.2. The van der Waals surface area contributed by atoms with Crippen molar-refractivity contribution in [3.05, 3.63) is 34.7 Å². The molecular formula is C15H17N3O3S. The minimum Gasteiger partial charge on any atom is -0.409 e. The van der Waals surface area contributed by atoms with Gasteiger partial charge in [-0.25, -0.2) is 5.10 Å². The van der Waals surface area contributed by atoms with Gasteiger partial charge in [0.25, 0.3) is 10.7 Å². The molecule has 0 bridgehead atoms. The fourth-order valence-electron chi connectivity index (χ4n) is 2.52. The van der Waals surface area contributed by atoms with E-state index in [1.165, 1.54) is 0 Å². The van der Waals surface area contributed by atoms with Gasteiger partial charge >= 0.3 is 0 Å². The molecule has 2 aromatic rings. The number of nitrogens with one attached hydrogen (secondary N) is 1. The topological polar surface area (TPSA) is 82.4 Å². The number of amides is 1. The van der Waals surface area contributed by atoms with Crippen molar-refractivity contribution in [2.45, 2.75) is 19.4 Å². The van der Waals surface area contributed by atoms with Crippen LogP contribution in [0.1, 0.15) is 23.7 Å². The van der Waals surface area contributed by atoms with Crippen LogP contribution in [0, 0.1) is 10.8 Å². The second-order valence-corrected chi connectivity index (χ2v) is 5.95. The summed E-state index contributed by atoms with van der Waals surface area (Å²) in [7, 11) is 0. The number of rotatable bonds is 2. The molecule has 22 heavy (non-hydrogen) atoms. The van der Waals surface area contributed by atoms with Crippen LogP contribution in [0.3, 0.4) is 0 Å². The third-order valence-corrected chi connectivity index (χ3v) is 4.20. The third kappa shape index (κ3) is 2.95. The molecule has 7 heteroatoms. The monoisotopic (exact) mass is 319 g/mol. The lowest BCUT2D eigenvalue weighted by Gasteiger charge is -2.34. The van der Waals surface area contributed by atoms with E-state index < -0.39 is 6.10 Å². The van der Waals surface area contributed by atoms with Gasteiger partial charge in [0.2, 0.25) is 5.89 Å². The van der Waals surface area contributed by atoms with Crippen LogP contribution < -0.4 is 0 Å². The molecule has 1 aliphatic heterocycles. The summed E-state index contributed by atoms with van der Waals surface area (Å²) in [6, 6.07) is 7.00. The number of β-amino-alcohol motifs (C(OH)–C–C–N with tert-alkyl or cyclic N) is 1. The molecule has 2 N–H and O–H groups in total. The summed E-state index contributed by atoms with van der Waals surface area (Å²) in [5, 5.41) is 16.4. The maximum Gasteiger partial charge on any atom is 0.284 e. The number of aromatic amines is 1. The SMILES string of the molecule is C[C@H]1CCN(C(=O)c2ccc(-c3n[nH]c(=S)o3)cc2)C[C@H]1O. The smallest absolute Gasteiger partial charge is 0.284 e. The van der Waals surface area contributed by atoms with E-state index in [2.05, 4.69) is 10.2 Å². The van der Waals surface area contributed by atoms with Crippen molar-refractivity contribution in [2.24, 2.45) is 5.92 Å². The normalized spacial score (nSPS) is 21.8. The van der Waals surface area contributed by atoms with Crippen LogP contribution >= 0.6 is 12.2 Å². The van der Waals surface area contributed by atoms with Gasteiger partial charge in [0.15, 0.2) is 0 Å². The molecule has 0 saturated carbocycles. The van der Waals surface area contributed by atoms with Gasteiger partial charge in [0.05, 0.1) is 6.10 Å². The van der Waals surface area contributed by atoms with Crippen LogP contribution in [0.15, 0.2) is 28.7 Å². The van der Waals surface area contributed by atoms with E-state index in [0.717, 1.165) is 12.0 Å². The zero-order chi connectivity index (χ0) is 15.7. The number of carbonyl (C=O) groups excluding carboxylic acids is 1. The van der Waals surface area contributed by atoms with Gasteiger partial charge in [-0.15, -0.1) is 5.10 Å². The Hall–Kier alpha value is -1.99. The first-order valence-corrected chi connectivity index (χ1v) is 7.58. The summed E-state index contributed by atoms with van der Waals surface area (Å²) < 4.78 is 5.23. The van der Waals surface area contributed by atoms with E-state index in [0.29, 0.717) is 24.5 Å². The molecule has 116 valence electrons. The predicted octanol–water partition coefficient (Wildman–Crippen LogP) is 2.24. The second-order valence-electron chi connectivity index (χ2n) is 5.58. The van der Waals surface area contributed by atoms with E-state index >= 15 is 0 Å².